The van der Waals surface area contributed by atoms with E-state index >= 15 is 0 Å². The number of hydrogen-bond donors (Lipinski definition) is 0. The van der Waals surface area contributed by atoms with Gasteiger partial charge in [-0.2, -0.15) is 0 Å². The molecule has 1 aliphatic rings. The first-order valence-electron chi connectivity index (χ1n) is 12.5. The quantitative estimate of drug-likeness (QED) is 0.155. The van der Waals surface area contributed by atoms with Gasteiger partial charge in [-0.3, -0.25) is 19.2 Å². The van der Waals surface area contributed by atoms with E-state index in [4.69, 9.17) is 23.7 Å². The Balaban J connectivity index is 3.67. The number of azide groups is 1. The fraction of sp³-hybridized carbons (Fsp3) is 0.846. The zero-order valence-electron chi connectivity index (χ0n) is 24.6. The van der Waals surface area contributed by atoms with Gasteiger partial charge in [-0.25, -0.2) is 0 Å². The summed E-state index contributed by atoms with van der Waals surface area (Å²) in [6.45, 7) is 19.2. The molecule has 5 atom stereocenters. The number of ether oxygens (including phenoxy) is 5. The molecule has 0 aromatic heterocycles. The van der Waals surface area contributed by atoms with Gasteiger partial charge in [0.2, 0.25) is 0 Å². The van der Waals surface area contributed by atoms with Crippen LogP contribution in [0.2, 0.25) is 0 Å². The molecule has 216 valence electrons. The van der Waals surface area contributed by atoms with Crippen LogP contribution < -0.4 is 0 Å². The lowest BCUT2D eigenvalue weighted by atomic mass is 9.92. The lowest BCUT2D eigenvalue weighted by Crippen LogP contribution is -2.63. The molecule has 38 heavy (non-hydrogen) atoms. The van der Waals surface area contributed by atoms with Crippen LogP contribution in [0.25, 0.3) is 10.4 Å². The van der Waals surface area contributed by atoms with Gasteiger partial charge in [0.1, 0.15) is 12.7 Å². The minimum atomic E-state index is -1.48. The average molecular weight is 542 g/mol. The molecule has 1 rings (SSSR count). The molecule has 1 aliphatic heterocycles. The smallest absolute Gasteiger partial charge is 0.311 e. The molecule has 0 saturated carbocycles. The zero-order chi connectivity index (χ0) is 29.9. The Morgan fingerprint density at radius 2 is 1.03 bits per heavy atom. The van der Waals surface area contributed by atoms with E-state index in [0.29, 0.717) is 0 Å². The first-order chi connectivity index (χ1) is 17.0. The van der Waals surface area contributed by atoms with Gasteiger partial charge < -0.3 is 23.7 Å². The van der Waals surface area contributed by atoms with Crippen molar-refractivity contribution in [3.05, 3.63) is 10.4 Å². The first kappa shape index (κ1) is 33.2. The molecule has 0 amide bonds. The van der Waals surface area contributed by atoms with Gasteiger partial charge in [0, 0.05) is 4.91 Å². The third-order valence-corrected chi connectivity index (χ3v) is 5.33. The highest BCUT2D eigenvalue weighted by atomic mass is 16.7. The maximum atomic E-state index is 13.0. The van der Waals surface area contributed by atoms with Crippen molar-refractivity contribution in [3.63, 3.8) is 0 Å². The Morgan fingerprint density at radius 1 is 0.658 bits per heavy atom. The summed E-state index contributed by atoms with van der Waals surface area (Å²) in [5, 5.41) is 3.62. The standard InChI is InChI=1S/C26H43N3O9/c1-23(2,3)19(30)34-13-14-15(36-20(31)24(4,5)6)16(37-21(32)25(7,8)9)17(18(35-14)28-29-27)38-22(33)26(10,11)12/h14-18H,13H2,1-12H3/t14-,15-,16+,17-,18?/m1/s1. The molecule has 1 saturated heterocycles. The Morgan fingerprint density at radius 3 is 1.39 bits per heavy atom. The number of hydrogen-bond acceptors (Lipinski definition) is 10. The van der Waals surface area contributed by atoms with E-state index < -0.39 is 82.8 Å². The third-order valence-electron chi connectivity index (χ3n) is 5.33. The summed E-state index contributed by atoms with van der Waals surface area (Å²) in [7, 11) is 0. The van der Waals surface area contributed by atoms with Crippen LogP contribution in [-0.2, 0) is 42.9 Å². The Hall–Kier alpha value is -2.85. The van der Waals surface area contributed by atoms with E-state index in [9.17, 15) is 24.7 Å². The summed E-state index contributed by atoms with van der Waals surface area (Å²) < 4.78 is 28.6. The van der Waals surface area contributed by atoms with Crippen LogP contribution in [0.3, 0.4) is 0 Å². The van der Waals surface area contributed by atoms with E-state index in [1.807, 2.05) is 0 Å². The van der Waals surface area contributed by atoms with Crippen molar-refractivity contribution in [1.29, 1.82) is 0 Å². The zero-order valence-corrected chi connectivity index (χ0v) is 24.6. The summed E-state index contributed by atoms with van der Waals surface area (Å²) in [6.07, 6.45) is -6.97. The molecule has 1 unspecified atom stereocenters. The summed E-state index contributed by atoms with van der Waals surface area (Å²) in [5.41, 5.74) is 5.44. The van der Waals surface area contributed by atoms with Crippen molar-refractivity contribution in [2.75, 3.05) is 6.61 Å². The molecule has 12 heteroatoms. The number of nitrogens with zero attached hydrogens (tertiary/aromatic N) is 3. The van der Waals surface area contributed by atoms with Gasteiger partial charge in [-0.1, -0.05) is 5.11 Å². The van der Waals surface area contributed by atoms with Crippen LogP contribution in [0.1, 0.15) is 83.1 Å². The second kappa shape index (κ2) is 11.9. The predicted octanol–water partition coefficient (Wildman–Crippen LogP) is 4.48. The molecular weight excluding hydrogens is 498 g/mol. The fourth-order valence-electron chi connectivity index (χ4n) is 2.85. The molecular formula is C26H43N3O9. The Labute approximate surface area is 224 Å². The van der Waals surface area contributed by atoms with Crippen molar-refractivity contribution in [1.82, 2.24) is 0 Å². The highest BCUT2D eigenvalue weighted by Crippen LogP contribution is 2.34. The summed E-state index contributed by atoms with van der Waals surface area (Å²) in [4.78, 5) is 54.2. The van der Waals surface area contributed by atoms with Gasteiger partial charge in [-0.15, -0.1) is 0 Å². The molecule has 0 aliphatic carbocycles. The second-order valence-electron chi connectivity index (χ2n) is 13.5. The molecule has 0 N–H and O–H groups in total. The minimum absolute atomic E-state index is 0.418. The van der Waals surface area contributed by atoms with E-state index in [2.05, 4.69) is 10.0 Å². The monoisotopic (exact) mass is 541 g/mol. The number of rotatable bonds is 6. The van der Waals surface area contributed by atoms with Crippen LogP contribution in [0.15, 0.2) is 5.11 Å². The third kappa shape index (κ3) is 9.16. The molecule has 1 fully saturated rings. The highest BCUT2D eigenvalue weighted by Gasteiger charge is 2.54. The van der Waals surface area contributed by atoms with Crippen LogP contribution in [0, 0.1) is 21.7 Å². The van der Waals surface area contributed by atoms with Crippen LogP contribution in [-0.4, -0.2) is 61.1 Å². The average Bonchev–Trinajstić information content (AvgIpc) is 2.73. The van der Waals surface area contributed by atoms with Gasteiger partial charge in [0.15, 0.2) is 24.5 Å². The molecule has 0 aromatic carbocycles. The van der Waals surface area contributed by atoms with Crippen LogP contribution in [0.4, 0.5) is 0 Å². The Bertz CT molecular complexity index is 945. The van der Waals surface area contributed by atoms with Crippen molar-refractivity contribution in [2.24, 2.45) is 26.8 Å². The molecule has 12 nitrogen and oxygen atoms in total. The summed E-state index contributed by atoms with van der Waals surface area (Å²) in [5.74, 6) is -2.62. The van der Waals surface area contributed by atoms with Crippen molar-refractivity contribution < 1.29 is 42.9 Å². The predicted molar refractivity (Wildman–Crippen MR) is 136 cm³/mol. The van der Waals surface area contributed by atoms with Gasteiger partial charge in [0.25, 0.3) is 0 Å². The number of esters is 4. The van der Waals surface area contributed by atoms with Crippen LogP contribution in [0.5, 0.6) is 0 Å². The van der Waals surface area contributed by atoms with Gasteiger partial charge in [-0.05, 0) is 88.6 Å². The van der Waals surface area contributed by atoms with Gasteiger partial charge >= 0.3 is 23.9 Å². The van der Waals surface area contributed by atoms with E-state index in [1.54, 1.807) is 83.1 Å². The first-order valence-corrected chi connectivity index (χ1v) is 12.5. The van der Waals surface area contributed by atoms with E-state index in [-0.39, 0.29) is 0 Å². The fourth-order valence-corrected chi connectivity index (χ4v) is 2.85. The summed E-state index contributed by atoms with van der Waals surface area (Å²) >= 11 is 0. The molecule has 1 heterocycles. The van der Waals surface area contributed by atoms with Crippen molar-refractivity contribution in [3.8, 4) is 0 Å². The topological polar surface area (TPSA) is 163 Å². The minimum Gasteiger partial charge on any atom is -0.462 e. The molecule has 0 radical (unpaired) electrons. The number of carbonyl (C=O) groups is 4. The van der Waals surface area contributed by atoms with Gasteiger partial charge in [0.05, 0.1) is 21.7 Å². The van der Waals surface area contributed by atoms with E-state index in [1.165, 1.54) is 0 Å². The SMILES string of the molecule is CC(C)(C)C(=O)OC[C@H]1OC(N=[N+]=[N-])[C@H](OC(=O)C(C)(C)C)[C@@H](OC(=O)C(C)(C)C)[C@@H]1OC(=O)C(C)(C)C. The molecule has 0 spiro atoms. The second-order valence-corrected chi connectivity index (χ2v) is 13.5. The number of carbonyl (C=O) groups excluding carboxylic acids is 4. The highest BCUT2D eigenvalue weighted by molar-refractivity contribution is 5.78. The van der Waals surface area contributed by atoms with Crippen molar-refractivity contribution in [2.45, 2.75) is 114 Å². The maximum Gasteiger partial charge on any atom is 0.311 e. The van der Waals surface area contributed by atoms with Crippen LogP contribution >= 0.6 is 0 Å². The Kier molecular flexibility index (Phi) is 10.4. The van der Waals surface area contributed by atoms with Crippen molar-refractivity contribution >= 4 is 23.9 Å². The lowest BCUT2D eigenvalue weighted by molar-refractivity contribution is -0.259. The largest absolute Gasteiger partial charge is 0.462 e. The lowest BCUT2D eigenvalue weighted by Gasteiger charge is -2.45. The maximum absolute atomic E-state index is 13.0. The molecule has 0 aromatic rings. The molecule has 0 bridgehead atoms. The van der Waals surface area contributed by atoms with E-state index in [0.717, 1.165) is 0 Å². The normalized spacial score (nSPS) is 24.5. The summed E-state index contributed by atoms with van der Waals surface area (Å²) in [6, 6.07) is 0.